The van der Waals surface area contributed by atoms with Gasteiger partial charge in [-0.25, -0.2) is 4.79 Å². The Morgan fingerprint density at radius 1 is 1.59 bits per heavy atom. The van der Waals surface area contributed by atoms with Crippen molar-refractivity contribution < 1.29 is 14.4 Å². The van der Waals surface area contributed by atoms with E-state index in [-0.39, 0.29) is 12.1 Å². The Hall–Kier alpha value is -2.18. The number of aromatic carboxylic acids is 1. The van der Waals surface area contributed by atoms with Crippen LogP contribution in [0.4, 0.5) is 0 Å². The molecule has 0 amide bonds. The minimum Gasteiger partial charge on any atom is -0.478 e. The zero-order valence-electron chi connectivity index (χ0n) is 9.54. The molecule has 1 N–H and O–H groups in total. The fourth-order valence-electron chi connectivity index (χ4n) is 1.45. The van der Waals surface area contributed by atoms with Crippen LogP contribution in [0.2, 0.25) is 0 Å². The van der Waals surface area contributed by atoms with E-state index >= 15 is 0 Å². The van der Waals surface area contributed by atoms with Crippen molar-refractivity contribution in [1.29, 1.82) is 0 Å². The Kier molecular flexibility index (Phi) is 2.90. The van der Waals surface area contributed by atoms with Gasteiger partial charge in [-0.05, 0) is 6.92 Å². The standard InChI is InChI=1S/C10H12N4O3/c1-3-8-11-9(17-13-8)5-14-4-7(10(15)16)6(2)12-14/h4H,3,5H2,1-2H3,(H,15,16). The summed E-state index contributed by atoms with van der Waals surface area (Å²) in [4.78, 5) is 15.0. The van der Waals surface area contributed by atoms with Crippen LogP contribution < -0.4 is 0 Å². The van der Waals surface area contributed by atoms with Crippen LogP contribution in [-0.4, -0.2) is 31.0 Å². The average Bonchev–Trinajstić information content (AvgIpc) is 2.85. The van der Waals surface area contributed by atoms with Crippen LogP contribution in [0.5, 0.6) is 0 Å². The third kappa shape index (κ3) is 2.32. The van der Waals surface area contributed by atoms with Crippen molar-refractivity contribution in [3.8, 4) is 0 Å². The number of hydrogen-bond acceptors (Lipinski definition) is 5. The van der Waals surface area contributed by atoms with Crippen LogP contribution in [0.15, 0.2) is 10.7 Å². The maximum Gasteiger partial charge on any atom is 0.339 e. The molecule has 17 heavy (non-hydrogen) atoms. The quantitative estimate of drug-likeness (QED) is 0.846. The molecule has 0 unspecified atom stereocenters. The lowest BCUT2D eigenvalue weighted by Gasteiger charge is -1.93. The molecular weight excluding hydrogens is 224 g/mol. The summed E-state index contributed by atoms with van der Waals surface area (Å²) in [6.07, 6.45) is 2.15. The molecule has 0 saturated heterocycles. The van der Waals surface area contributed by atoms with E-state index in [0.29, 0.717) is 23.8 Å². The molecule has 2 aromatic heterocycles. The van der Waals surface area contributed by atoms with Crippen molar-refractivity contribution in [2.45, 2.75) is 26.8 Å². The normalized spacial score (nSPS) is 10.7. The van der Waals surface area contributed by atoms with E-state index in [1.54, 1.807) is 6.92 Å². The Morgan fingerprint density at radius 3 is 2.88 bits per heavy atom. The third-order valence-electron chi connectivity index (χ3n) is 2.30. The Labute approximate surface area is 97.1 Å². The fraction of sp³-hybridized carbons (Fsp3) is 0.400. The number of rotatable bonds is 4. The third-order valence-corrected chi connectivity index (χ3v) is 2.30. The predicted molar refractivity (Wildman–Crippen MR) is 56.7 cm³/mol. The monoisotopic (exact) mass is 236 g/mol. The van der Waals surface area contributed by atoms with E-state index in [1.165, 1.54) is 10.9 Å². The highest BCUT2D eigenvalue weighted by Gasteiger charge is 2.13. The van der Waals surface area contributed by atoms with Crippen LogP contribution in [0.25, 0.3) is 0 Å². The molecular formula is C10H12N4O3. The topological polar surface area (TPSA) is 94.0 Å². The van der Waals surface area contributed by atoms with Gasteiger partial charge in [0.15, 0.2) is 5.82 Å². The van der Waals surface area contributed by atoms with Crippen LogP contribution in [-0.2, 0) is 13.0 Å². The zero-order chi connectivity index (χ0) is 12.4. The van der Waals surface area contributed by atoms with E-state index in [1.807, 2.05) is 6.92 Å². The smallest absolute Gasteiger partial charge is 0.339 e. The number of hydrogen-bond donors (Lipinski definition) is 1. The minimum absolute atomic E-state index is 0.181. The molecule has 0 aliphatic heterocycles. The number of carbonyl (C=O) groups is 1. The highest BCUT2D eigenvalue weighted by Crippen LogP contribution is 2.07. The van der Waals surface area contributed by atoms with Gasteiger partial charge >= 0.3 is 5.97 Å². The second kappa shape index (κ2) is 4.36. The van der Waals surface area contributed by atoms with E-state index in [4.69, 9.17) is 9.63 Å². The summed E-state index contributed by atoms with van der Waals surface area (Å²) in [5.41, 5.74) is 0.646. The molecule has 0 spiro atoms. The average molecular weight is 236 g/mol. The molecule has 0 aliphatic carbocycles. The van der Waals surface area contributed by atoms with E-state index < -0.39 is 5.97 Å². The molecule has 7 nitrogen and oxygen atoms in total. The van der Waals surface area contributed by atoms with Gasteiger partial charge in [0.1, 0.15) is 12.1 Å². The lowest BCUT2D eigenvalue weighted by molar-refractivity contribution is 0.0696. The Morgan fingerprint density at radius 2 is 2.35 bits per heavy atom. The van der Waals surface area contributed by atoms with E-state index in [2.05, 4.69) is 15.2 Å². The van der Waals surface area contributed by atoms with Crippen molar-refractivity contribution >= 4 is 5.97 Å². The van der Waals surface area contributed by atoms with Gasteiger partial charge in [-0.15, -0.1) is 0 Å². The number of carboxylic acid groups (broad SMARTS) is 1. The number of nitrogens with zero attached hydrogens (tertiary/aromatic N) is 4. The van der Waals surface area contributed by atoms with Crippen molar-refractivity contribution in [1.82, 2.24) is 19.9 Å². The largest absolute Gasteiger partial charge is 0.478 e. The molecule has 0 fully saturated rings. The SMILES string of the molecule is CCc1noc(Cn2cc(C(=O)O)c(C)n2)n1. The molecule has 7 heteroatoms. The lowest BCUT2D eigenvalue weighted by Crippen LogP contribution is -2.01. The minimum atomic E-state index is -0.992. The summed E-state index contributed by atoms with van der Waals surface area (Å²) >= 11 is 0. The summed E-state index contributed by atoms with van der Waals surface area (Å²) in [5.74, 6) is 0.0529. The van der Waals surface area contributed by atoms with Crippen LogP contribution in [0.1, 0.15) is 34.7 Å². The van der Waals surface area contributed by atoms with Crippen molar-refractivity contribution in [3.63, 3.8) is 0 Å². The van der Waals surface area contributed by atoms with Gasteiger partial charge in [0, 0.05) is 12.6 Å². The van der Waals surface area contributed by atoms with Gasteiger partial charge < -0.3 is 9.63 Å². The van der Waals surface area contributed by atoms with Gasteiger partial charge in [-0.2, -0.15) is 10.1 Å². The highest BCUT2D eigenvalue weighted by atomic mass is 16.5. The Balaban J connectivity index is 2.18. The molecule has 2 rings (SSSR count). The molecule has 2 heterocycles. The van der Waals surface area contributed by atoms with Crippen molar-refractivity contribution in [2.75, 3.05) is 0 Å². The van der Waals surface area contributed by atoms with E-state index in [0.717, 1.165) is 0 Å². The van der Waals surface area contributed by atoms with Gasteiger partial charge in [0.25, 0.3) is 0 Å². The summed E-state index contributed by atoms with van der Waals surface area (Å²) in [6.45, 7) is 3.85. The first-order valence-corrected chi connectivity index (χ1v) is 5.19. The first-order chi connectivity index (χ1) is 8.10. The van der Waals surface area contributed by atoms with Gasteiger partial charge in [-0.3, -0.25) is 4.68 Å². The molecule has 0 saturated carbocycles. The first kappa shape index (κ1) is 11.3. The Bertz CT molecular complexity index is 543. The lowest BCUT2D eigenvalue weighted by atomic mass is 10.3. The maximum atomic E-state index is 10.8. The molecule has 0 radical (unpaired) electrons. The van der Waals surface area contributed by atoms with Gasteiger partial charge in [0.2, 0.25) is 5.89 Å². The molecule has 0 aliphatic rings. The van der Waals surface area contributed by atoms with Crippen LogP contribution in [0, 0.1) is 6.92 Å². The van der Waals surface area contributed by atoms with Gasteiger partial charge in [0.05, 0.1) is 5.69 Å². The summed E-state index contributed by atoms with van der Waals surface area (Å²) in [5, 5.41) is 16.7. The summed E-state index contributed by atoms with van der Waals surface area (Å²) in [6, 6.07) is 0. The second-order valence-electron chi connectivity index (χ2n) is 3.59. The van der Waals surface area contributed by atoms with Crippen molar-refractivity contribution in [3.05, 3.63) is 29.2 Å². The molecule has 0 bridgehead atoms. The molecule has 0 atom stereocenters. The molecule has 2 aromatic rings. The number of carboxylic acids is 1. The highest BCUT2D eigenvalue weighted by molar-refractivity contribution is 5.88. The molecule has 0 aromatic carbocycles. The van der Waals surface area contributed by atoms with Gasteiger partial charge in [-0.1, -0.05) is 12.1 Å². The van der Waals surface area contributed by atoms with E-state index in [9.17, 15) is 4.79 Å². The zero-order valence-corrected chi connectivity index (χ0v) is 9.54. The van der Waals surface area contributed by atoms with Crippen LogP contribution >= 0.6 is 0 Å². The fourth-order valence-corrected chi connectivity index (χ4v) is 1.45. The number of aryl methyl sites for hydroxylation is 2. The maximum absolute atomic E-state index is 10.8. The predicted octanol–water partition coefficient (Wildman–Crippen LogP) is 0.883. The summed E-state index contributed by atoms with van der Waals surface area (Å²) in [7, 11) is 0. The first-order valence-electron chi connectivity index (χ1n) is 5.19. The second-order valence-corrected chi connectivity index (χ2v) is 3.59. The van der Waals surface area contributed by atoms with Crippen molar-refractivity contribution in [2.24, 2.45) is 0 Å². The molecule has 90 valence electrons. The van der Waals surface area contributed by atoms with Crippen LogP contribution in [0.3, 0.4) is 0 Å². The summed E-state index contributed by atoms with van der Waals surface area (Å²) < 4.78 is 6.48. The number of aromatic nitrogens is 4.